The van der Waals surface area contributed by atoms with Gasteiger partial charge in [-0.2, -0.15) is 5.26 Å². The average molecular weight is 380 g/mol. The standard InChI is InChI=1S/C20H24N6O2/c1-13-23-24-19(28-13)15-6-4-14(5-7-15)10-25-11-17(18(22)12-25)20(27)26-8-2-3-16(26)9-21/h4-7,16-18H,2-3,8,10-12,22H2,1H3/t16-,17+,18-/m0/s1. The van der Waals surface area contributed by atoms with Crippen molar-refractivity contribution in [2.45, 2.75) is 38.4 Å². The fourth-order valence-corrected chi connectivity index (χ4v) is 4.11. The number of aryl methyl sites for hydroxylation is 1. The number of rotatable bonds is 4. The summed E-state index contributed by atoms with van der Waals surface area (Å²) in [6, 6.07) is 9.72. The zero-order chi connectivity index (χ0) is 19.7. The summed E-state index contributed by atoms with van der Waals surface area (Å²) >= 11 is 0. The smallest absolute Gasteiger partial charge is 0.247 e. The number of benzene rings is 1. The molecule has 4 rings (SSSR count). The second-order valence-electron chi connectivity index (χ2n) is 7.61. The summed E-state index contributed by atoms with van der Waals surface area (Å²) in [6.45, 7) is 4.45. The van der Waals surface area contributed by atoms with Gasteiger partial charge in [-0.25, -0.2) is 0 Å². The first kappa shape index (κ1) is 18.6. The van der Waals surface area contributed by atoms with E-state index in [0.29, 0.717) is 31.4 Å². The van der Waals surface area contributed by atoms with Crippen molar-refractivity contribution >= 4 is 5.91 Å². The third-order valence-corrected chi connectivity index (χ3v) is 5.58. The van der Waals surface area contributed by atoms with Gasteiger partial charge in [-0.05, 0) is 30.5 Å². The Labute approximate surface area is 163 Å². The van der Waals surface area contributed by atoms with Gasteiger partial charge in [0.2, 0.25) is 17.7 Å². The van der Waals surface area contributed by atoms with Gasteiger partial charge in [0.25, 0.3) is 0 Å². The van der Waals surface area contributed by atoms with Gasteiger partial charge in [0.15, 0.2) is 0 Å². The van der Waals surface area contributed by atoms with Gasteiger partial charge in [-0.15, -0.1) is 10.2 Å². The van der Waals surface area contributed by atoms with E-state index in [1.807, 2.05) is 24.3 Å². The molecule has 0 bridgehead atoms. The van der Waals surface area contributed by atoms with Crippen LogP contribution in [-0.4, -0.2) is 57.6 Å². The number of carbonyl (C=O) groups is 1. The maximum absolute atomic E-state index is 12.9. The first-order chi connectivity index (χ1) is 13.5. The molecule has 0 spiro atoms. The number of nitriles is 1. The normalized spacial score (nSPS) is 25.2. The van der Waals surface area contributed by atoms with E-state index in [0.717, 1.165) is 30.5 Å². The Hall–Kier alpha value is -2.76. The summed E-state index contributed by atoms with van der Waals surface area (Å²) in [4.78, 5) is 16.8. The molecule has 1 aromatic carbocycles. The van der Waals surface area contributed by atoms with Gasteiger partial charge in [0.05, 0.1) is 12.0 Å². The Morgan fingerprint density at radius 1 is 1.32 bits per heavy atom. The molecule has 2 aliphatic rings. The van der Waals surface area contributed by atoms with Crippen molar-refractivity contribution in [2.75, 3.05) is 19.6 Å². The molecule has 2 aliphatic heterocycles. The first-order valence-corrected chi connectivity index (χ1v) is 9.62. The highest BCUT2D eigenvalue weighted by Crippen LogP contribution is 2.25. The van der Waals surface area contributed by atoms with Crippen LogP contribution in [0.25, 0.3) is 11.5 Å². The van der Waals surface area contributed by atoms with E-state index in [-0.39, 0.29) is 23.9 Å². The quantitative estimate of drug-likeness (QED) is 0.851. The Morgan fingerprint density at radius 2 is 2.11 bits per heavy atom. The van der Waals surface area contributed by atoms with Crippen LogP contribution < -0.4 is 5.73 Å². The number of amides is 1. The van der Waals surface area contributed by atoms with Crippen LogP contribution >= 0.6 is 0 Å². The molecule has 2 fully saturated rings. The van der Waals surface area contributed by atoms with Crippen LogP contribution in [0.4, 0.5) is 0 Å². The van der Waals surface area contributed by atoms with Crippen LogP contribution in [0, 0.1) is 24.2 Å². The summed E-state index contributed by atoms with van der Waals surface area (Å²) in [5.41, 5.74) is 8.30. The molecule has 2 N–H and O–H groups in total. The third kappa shape index (κ3) is 3.63. The lowest BCUT2D eigenvalue weighted by atomic mass is 10.0. The van der Waals surface area contributed by atoms with Crippen molar-refractivity contribution in [3.05, 3.63) is 35.7 Å². The minimum atomic E-state index is -0.297. The van der Waals surface area contributed by atoms with Gasteiger partial charge >= 0.3 is 0 Å². The molecule has 2 aromatic rings. The van der Waals surface area contributed by atoms with E-state index in [2.05, 4.69) is 21.2 Å². The monoisotopic (exact) mass is 380 g/mol. The summed E-state index contributed by atoms with van der Waals surface area (Å²) < 4.78 is 5.45. The number of carbonyl (C=O) groups excluding carboxylic acids is 1. The second-order valence-corrected chi connectivity index (χ2v) is 7.61. The molecule has 28 heavy (non-hydrogen) atoms. The molecule has 1 amide bonds. The molecule has 8 heteroatoms. The van der Waals surface area contributed by atoms with Crippen LogP contribution in [-0.2, 0) is 11.3 Å². The highest BCUT2D eigenvalue weighted by atomic mass is 16.4. The molecule has 0 aliphatic carbocycles. The minimum absolute atomic E-state index is 0.0289. The van der Waals surface area contributed by atoms with Gasteiger partial charge in [0.1, 0.15) is 6.04 Å². The average Bonchev–Trinajstić information content (AvgIpc) is 3.41. The molecule has 2 saturated heterocycles. The second kappa shape index (κ2) is 7.70. The van der Waals surface area contributed by atoms with Crippen LogP contribution in [0.3, 0.4) is 0 Å². The molecular weight excluding hydrogens is 356 g/mol. The molecule has 8 nitrogen and oxygen atoms in total. The van der Waals surface area contributed by atoms with Crippen molar-refractivity contribution in [3.63, 3.8) is 0 Å². The van der Waals surface area contributed by atoms with Crippen molar-refractivity contribution in [1.82, 2.24) is 20.0 Å². The maximum atomic E-state index is 12.9. The summed E-state index contributed by atoms with van der Waals surface area (Å²) in [7, 11) is 0. The summed E-state index contributed by atoms with van der Waals surface area (Å²) in [5, 5.41) is 17.1. The largest absolute Gasteiger partial charge is 0.421 e. The zero-order valence-electron chi connectivity index (χ0n) is 15.9. The van der Waals surface area contributed by atoms with E-state index < -0.39 is 0 Å². The van der Waals surface area contributed by atoms with Gasteiger partial charge in [0, 0.05) is 44.7 Å². The predicted molar refractivity (Wildman–Crippen MR) is 102 cm³/mol. The van der Waals surface area contributed by atoms with Gasteiger partial charge in [-0.3, -0.25) is 9.69 Å². The minimum Gasteiger partial charge on any atom is -0.421 e. The molecule has 1 aromatic heterocycles. The highest BCUT2D eigenvalue weighted by molar-refractivity contribution is 5.81. The van der Waals surface area contributed by atoms with Crippen LogP contribution in [0.15, 0.2) is 28.7 Å². The topological polar surface area (TPSA) is 112 Å². The fraction of sp³-hybridized carbons (Fsp3) is 0.500. The Balaban J connectivity index is 1.38. The number of hydrogen-bond donors (Lipinski definition) is 1. The van der Waals surface area contributed by atoms with Crippen LogP contribution in [0.2, 0.25) is 0 Å². The number of hydrogen-bond acceptors (Lipinski definition) is 7. The van der Waals surface area contributed by atoms with E-state index in [4.69, 9.17) is 10.2 Å². The number of nitrogens with two attached hydrogens (primary N) is 1. The van der Waals surface area contributed by atoms with Gasteiger partial charge < -0.3 is 15.1 Å². The number of aromatic nitrogens is 2. The predicted octanol–water partition coefficient (Wildman–Crippen LogP) is 1.32. The van der Waals surface area contributed by atoms with Crippen molar-refractivity contribution in [2.24, 2.45) is 11.7 Å². The van der Waals surface area contributed by atoms with Crippen LogP contribution in [0.1, 0.15) is 24.3 Å². The molecule has 3 heterocycles. The lowest BCUT2D eigenvalue weighted by Crippen LogP contribution is -2.45. The lowest BCUT2D eigenvalue weighted by Gasteiger charge is -2.25. The number of nitrogens with zero attached hydrogens (tertiary/aromatic N) is 5. The van der Waals surface area contributed by atoms with E-state index in [1.54, 1.807) is 11.8 Å². The van der Waals surface area contributed by atoms with Crippen molar-refractivity contribution in [3.8, 4) is 17.5 Å². The highest BCUT2D eigenvalue weighted by Gasteiger charge is 2.40. The SMILES string of the molecule is Cc1nnc(-c2ccc(CN3C[C@H](N)[C@H](C(=O)N4CCC[C@H]4C#N)C3)cc2)o1. The van der Waals surface area contributed by atoms with E-state index in [9.17, 15) is 10.1 Å². The van der Waals surface area contributed by atoms with E-state index in [1.165, 1.54) is 0 Å². The fourth-order valence-electron chi connectivity index (χ4n) is 4.11. The molecule has 146 valence electrons. The van der Waals surface area contributed by atoms with Crippen LogP contribution in [0.5, 0.6) is 0 Å². The maximum Gasteiger partial charge on any atom is 0.247 e. The third-order valence-electron chi connectivity index (χ3n) is 5.58. The number of likely N-dealkylation sites (tertiary alicyclic amines) is 2. The Bertz CT molecular complexity index is 887. The molecule has 0 unspecified atom stereocenters. The Kier molecular flexibility index (Phi) is 5.11. The first-order valence-electron chi connectivity index (χ1n) is 9.62. The lowest BCUT2D eigenvalue weighted by molar-refractivity contribution is -0.135. The molecule has 3 atom stereocenters. The van der Waals surface area contributed by atoms with E-state index >= 15 is 0 Å². The zero-order valence-corrected chi connectivity index (χ0v) is 15.9. The van der Waals surface area contributed by atoms with Crippen molar-refractivity contribution < 1.29 is 9.21 Å². The molecule has 0 saturated carbocycles. The van der Waals surface area contributed by atoms with Gasteiger partial charge in [-0.1, -0.05) is 12.1 Å². The summed E-state index contributed by atoms with van der Waals surface area (Å²) in [6.07, 6.45) is 1.65. The van der Waals surface area contributed by atoms with Crippen molar-refractivity contribution in [1.29, 1.82) is 5.26 Å². The molecule has 0 radical (unpaired) electrons. The molecular formula is C20H24N6O2. The Morgan fingerprint density at radius 3 is 2.79 bits per heavy atom. The summed E-state index contributed by atoms with van der Waals surface area (Å²) in [5.74, 6) is 0.837.